The SMILES string of the molecule is CCOc1cc(C(=O)Nc2nccs2)ncn1. The van der Waals surface area contributed by atoms with E-state index >= 15 is 0 Å². The lowest BCUT2D eigenvalue weighted by atomic mass is 10.4. The number of nitrogens with zero attached hydrogens (tertiary/aromatic N) is 3. The molecule has 2 aromatic rings. The first kappa shape index (κ1) is 11.5. The van der Waals surface area contributed by atoms with E-state index in [1.807, 2.05) is 6.92 Å². The predicted molar refractivity (Wildman–Crippen MR) is 63.3 cm³/mol. The Labute approximate surface area is 102 Å². The van der Waals surface area contributed by atoms with Crippen molar-refractivity contribution in [3.05, 3.63) is 29.7 Å². The fourth-order valence-corrected chi connectivity index (χ4v) is 1.66. The number of nitrogens with one attached hydrogen (secondary N) is 1. The highest BCUT2D eigenvalue weighted by Crippen LogP contribution is 2.13. The quantitative estimate of drug-likeness (QED) is 0.891. The maximum atomic E-state index is 11.8. The molecule has 2 rings (SSSR count). The molecule has 0 bridgehead atoms. The van der Waals surface area contributed by atoms with Crippen LogP contribution in [0.4, 0.5) is 5.13 Å². The average molecular weight is 250 g/mol. The van der Waals surface area contributed by atoms with Crippen molar-refractivity contribution in [1.29, 1.82) is 0 Å². The second-order valence-corrected chi connectivity index (χ2v) is 3.86. The third-order valence-corrected chi connectivity index (χ3v) is 2.51. The number of carbonyl (C=O) groups is 1. The number of thiazole rings is 1. The van der Waals surface area contributed by atoms with Crippen LogP contribution in [-0.4, -0.2) is 27.5 Å². The Kier molecular flexibility index (Phi) is 3.61. The molecule has 0 saturated carbocycles. The highest BCUT2D eigenvalue weighted by molar-refractivity contribution is 7.13. The van der Waals surface area contributed by atoms with Crippen LogP contribution < -0.4 is 10.1 Å². The number of ether oxygens (including phenoxy) is 1. The Morgan fingerprint density at radius 1 is 1.47 bits per heavy atom. The van der Waals surface area contributed by atoms with E-state index < -0.39 is 0 Å². The van der Waals surface area contributed by atoms with Crippen molar-refractivity contribution >= 4 is 22.4 Å². The van der Waals surface area contributed by atoms with Crippen molar-refractivity contribution in [2.75, 3.05) is 11.9 Å². The molecule has 0 aromatic carbocycles. The average Bonchev–Trinajstić information content (AvgIpc) is 2.83. The zero-order valence-electron chi connectivity index (χ0n) is 9.08. The molecule has 1 N–H and O–H groups in total. The van der Waals surface area contributed by atoms with Gasteiger partial charge >= 0.3 is 0 Å². The molecule has 0 saturated heterocycles. The molecular formula is C10H10N4O2S. The molecule has 7 heteroatoms. The fraction of sp³-hybridized carbons (Fsp3) is 0.200. The molecule has 0 spiro atoms. The summed E-state index contributed by atoms with van der Waals surface area (Å²) in [7, 11) is 0. The lowest BCUT2D eigenvalue weighted by Crippen LogP contribution is -2.14. The first-order chi connectivity index (χ1) is 8.29. The van der Waals surface area contributed by atoms with Crippen LogP contribution >= 0.6 is 11.3 Å². The van der Waals surface area contributed by atoms with E-state index in [1.165, 1.54) is 23.7 Å². The molecule has 0 unspecified atom stereocenters. The summed E-state index contributed by atoms with van der Waals surface area (Å²) in [5.74, 6) is 0.0510. The van der Waals surface area contributed by atoms with Gasteiger partial charge in [-0.1, -0.05) is 0 Å². The van der Waals surface area contributed by atoms with Crippen LogP contribution in [-0.2, 0) is 0 Å². The zero-order valence-corrected chi connectivity index (χ0v) is 9.90. The van der Waals surface area contributed by atoms with E-state index in [0.717, 1.165) is 0 Å². The molecule has 2 heterocycles. The number of anilines is 1. The maximum Gasteiger partial charge on any atom is 0.276 e. The molecule has 88 valence electrons. The number of aromatic nitrogens is 3. The lowest BCUT2D eigenvalue weighted by molar-refractivity contribution is 0.102. The van der Waals surface area contributed by atoms with Crippen LogP contribution in [0.15, 0.2) is 24.0 Å². The lowest BCUT2D eigenvalue weighted by Gasteiger charge is -2.03. The van der Waals surface area contributed by atoms with Gasteiger partial charge in [-0.2, -0.15) is 0 Å². The number of hydrogen-bond donors (Lipinski definition) is 1. The Morgan fingerprint density at radius 3 is 3.06 bits per heavy atom. The molecule has 6 nitrogen and oxygen atoms in total. The van der Waals surface area contributed by atoms with Gasteiger partial charge in [-0.3, -0.25) is 10.1 Å². The normalized spacial score (nSPS) is 9.94. The van der Waals surface area contributed by atoms with Crippen LogP contribution in [0.25, 0.3) is 0 Å². The summed E-state index contributed by atoms with van der Waals surface area (Å²) in [5.41, 5.74) is 0.249. The summed E-state index contributed by atoms with van der Waals surface area (Å²) in [6.07, 6.45) is 2.91. The third-order valence-electron chi connectivity index (χ3n) is 1.82. The van der Waals surface area contributed by atoms with E-state index in [0.29, 0.717) is 17.6 Å². The number of amides is 1. The van der Waals surface area contributed by atoms with Gasteiger partial charge in [0.25, 0.3) is 5.91 Å². The smallest absolute Gasteiger partial charge is 0.276 e. The van der Waals surface area contributed by atoms with Crippen molar-refractivity contribution in [1.82, 2.24) is 15.0 Å². The van der Waals surface area contributed by atoms with Crippen LogP contribution in [0.2, 0.25) is 0 Å². The Hall–Kier alpha value is -2.02. The molecular weight excluding hydrogens is 240 g/mol. The molecule has 0 radical (unpaired) electrons. The van der Waals surface area contributed by atoms with Crippen molar-refractivity contribution in [2.45, 2.75) is 6.92 Å². The number of hydrogen-bond acceptors (Lipinski definition) is 6. The van der Waals surface area contributed by atoms with Gasteiger partial charge in [0, 0.05) is 17.6 Å². The second-order valence-electron chi connectivity index (χ2n) is 2.97. The van der Waals surface area contributed by atoms with Gasteiger partial charge in [-0.25, -0.2) is 15.0 Å². The zero-order chi connectivity index (χ0) is 12.1. The molecule has 2 aromatic heterocycles. The van der Waals surface area contributed by atoms with Gasteiger partial charge in [-0.05, 0) is 6.92 Å². The van der Waals surface area contributed by atoms with E-state index in [9.17, 15) is 4.79 Å². The molecule has 0 fully saturated rings. The van der Waals surface area contributed by atoms with E-state index in [2.05, 4.69) is 20.3 Å². The van der Waals surface area contributed by atoms with Gasteiger partial charge < -0.3 is 4.74 Å². The predicted octanol–water partition coefficient (Wildman–Crippen LogP) is 1.58. The van der Waals surface area contributed by atoms with Crippen LogP contribution in [0.1, 0.15) is 17.4 Å². The van der Waals surface area contributed by atoms with Crippen LogP contribution in [0.5, 0.6) is 5.88 Å². The van der Waals surface area contributed by atoms with E-state index in [4.69, 9.17) is 4.74 Å². The summed E-state index contributed by atoms with van der Waals surface area (Å²) >= 11 is 1.34. The Bertz CT molecular complexity index is 501. The third kappa shape index (κ3) is 2.97. The molecule has 17 heavy (non-hydrogen) atoms. The summed E-state index contributed by atoms with van der Waals surface area (Å²) in [6, 6.07) is 1.49. The molecule has 0 aliphatic heterocycles. The second kappa shape index (κ2) is 5.35. The van der Waals surface area contributed by atoms with Crippen molar-refractivity contribution in [2.24, 2.45) is 0 Å². The summed E-state index contributed by atoms with van der Waals surface area (Å²) in [5, 5.41) is 4.94. The first-order valence-electron chi connectivity index (χ1n) is 4.95. The fourth-order valence-electron chi connectivity index (χ4n) is 1.14. The van der Waals surface area contributed by atoms with Crippen molar-refractivity contribution < 1.29 is 9.53 Å². The summed E-state index contributed by atoms with van der Waals surface area (Å²) in [4.78, 5) is 23.5. The number of carbonyl (C=O) groups excluding carboxylic acids is 1. The van der Waals surface area contributed by atoms with Gasteiger partial charge in [0.2, 0.25) is 5.88 Å². The van der Waals surface area contributed by atoms with Crippen LogP contribution in [0.3, 0.4) is 0 Å². The monoisotopic (exact) mass is 250 g/mol. The van der Waals surface area contributed by atoms with Gasteiger partial charge in [0.1, 0.15) is 12.0 Å². The minimum Gasteiger partial charge on any atom is -0.478 e. The van der Waals surface area contributed by atoms with Crippen LogP contribution in [0, 0.1) is 0 Å². The molecule has 0 atom stereocenters. The van der Waals surface area contributed by atoms with E-state index in [-0.39, 0.29) is 11.6 Å². The minimum atomic E-state index is -0.330. The molecule has 0 aliphatic rings. The minimum absolute atomic E-state index is 0.249. The van der Waals surface area contributed by atoms with Gasteiger partial charge in [0.05, 0.1) is 6.61 Å². The Morgan fingerprint density at radius 2 is 2.35 bits per heavy atom. The van der Waals surface area contributed by atoms with Crippen molar-refractivity contribution in [3.8, 4) is 5.88 Å². The largest absolute Gasteiger partial charge is 0.478 e. The summed E-state index contributed by atoms with van der Waals surface area (Å²) < 4.78 is 5.19. The topological polar surface area (TPSA) is 77.0 Å². The van der Waals surface area contributed by atoms with Crippen molar-refractivity contribution in [3.63, 3.8) is 0 Å². The van der Waals surface area contributed by atoms with Gasteiger partial charge in [-0.15, -0.1) is 11.3 Å². The number of rotatable bonds is 4. The Balaban J connectivity index is 2.11. The maximum absolute atomic E-state index is 11.8. The van der Waals surface area contributed by atoms with E-state index in [1.54, 1.807) is 11.6 Å². The highest BCUT2D eigenvalue weighted by atomic mass is 32.1. The molecule has 1 amide bonds. The first-order valence-corrected chi connectivity index (χ1v) is 5.83. The van der Waals surface area contributed by atoms with Gasteiger partial charge in [0.15, 0.2) is 5.13 Å². The standard InChI is InChI=1S/C10H10N4O2S/c1-2-16-8-5-7(12-6-13-8)9(15)14-10-11-3-4-17-10/h3-6H,2H2,1H3,(H,11,14,15). The highest BCUT2D eigenvalue weighted by Gasteiger charge is 2.10. The summed E-state index contributed by atoms with van der Waals surface area (Å²) in [6.45, 7) is 2.34. The molecule has 0 aliphatic carbocycles.